The second-order valence-corrected chi connectivity index (χ2v) is 16.8. The second kappa shape index (κ2) is 39.3. The minimum atomic E-state index is 0. The molecule has 0 aliphatic carbocycles. The Morgan fingerprint density at radius 3 is 1.02 bits per heavy atom. The van der Waals surface area contributed by atoms with Gasteiger partial charge in [0.1, 0.15) is 0 Å². The maximum atomic E-state index is 12.1. The maximum absolute atomic E-state index is 12.1. The molecule has 0 aromatic heterocycles. The Balaban J connectivity index is 0.00000329. The summed E-state index contributed by atoms with van der Waals surface area (Å²) in [5.74, 6) is 0. The number of hydrogen-bond acceptors (Lipinski definition) is 0. The van der Waals surface area contributed by atoms with Crippen LogP contribution in [0.5, 0.6) is 0 Å². The number of aryl methyl sites for hydroxylation is 2. The van der Waals surface area contributed by atoms with Crippen molar-refractivity contribution in [2.45, 2.75) is 241 Å². The Morgan fingerprint density at radius 1 is 0.397 bits per heavy atom. The number of rotatable bonds is 31. The summed E-state index contributed by atoms with van der Waals surface area (Å²) in [5.41, 5.74) is 22.1. The molecular weight excluding hydrogens is 795 g/mol. The molecule has 0 N–H and O–H groups in total. The molecule has 2 aromatic carbocycles. The van der Waals surface area contributed by atoms with Gasteiger partial charge >= 0.3 is 20.4 Å². The fourth-order valence-electron chi connectivity index (χ4n) is 7.70. The molecule has 0 spiro atoms. The molecule has 0 amide bonds. The number of unbranched alkanes of at least 4 members (excludes halogenated alkanes) is 21. The van der Waals surface area contributed by atoms with E-state index in [-0.39, 0.29) is 20.4 Å². The predicted octanol–water partition coefficient (Wildman–Crippen LogP) is 19.0. The smallest absolute Gasteiger partial charge is 0.493 e. The minimum absolute atomic E-state index is 0. The van der Waals surface area contributed by atoms with Crippen molar-refractivity contribution in [3.05, 3.63) is 101 Å². The van der Waals surface area contributed by atoms with Crippen molar-refractivity contribution in [2.24, 2.45) is 0 Å². The topological polar surface area (TPSA) is 25.3 Å². The first kappa shape index (κ1) is 56.2. The summed E-state index contributed by atoms with van der Waals surface area (Å²) < 4.78 is 1.60. The quantitative estimate of drug-likeness (QED) is 0.0312. The molecule has 0 bridgehead atoms. The molecule has 1 aliphatic heterocycles. The maximum Gasteiger partial charge on any atom is 2.00 e. The third-order valence-corrected chi connectivity index (χ3v) is 11.4. The van der Waals surface area contributed by atoms with Gasteiger partial charge in [-0.25, -0.2) is 4.70 Å². The Hall–Kier alpha value is -1.82. The van der Waals surface area contributed by atoms with Gasteiger partial charge in [0.2, 0.25) is 11.4 Å². The molecule has 0 radical (unpaired) electrons. The van der Waals surface area contributed by atoms with Crippen LogP contribution in [0.1, 0.15) is 250 Å². The molecule has 2 nitrogen and oxygen atoms in total. The van der Waals surface area contributed by atoms with Crippen LogP contribution in [0.2, 0.25) is 0 Å². The van der Waals surface area contributed by atoms with Crippen molar-refractivity contribution in [1.29, 1.82) is 0 Å². The van der Waals surface area contributed by atoms with Crippen molar-refractivity contribution >= 4 is 11.4 Å². The van der Waals surface area contributed by atoms with E-state index in [1.807, 2.05) is 0 Å². The van der Waals surface area contributed by atoms with Gasteiger partial charge < -0.3 is 19.4 Å². The van der Waals surface area contributed by atoms with E-state index in [4.69, 9.17) is 0 Å². The first-order valence-corrected chi connectivity index (χ1v) is 24.7. The van der Waals surface area contributed by atoms with Gasteiger partial charge in [-0.2, -0.15) is 12.8 Å². The predicted molar refractivity (Wildman–Crippen MR) is 256 cm³/mol. The molecule has 0 saturated carbocycles. The zero-order valence-corrected chi connectivity index (χ0v) is 40.7. The number of hydrogen-bond donors (Lipinski definition) is 0. The first-order valence-electron chi connectivity index (χ1n) is 24.7. The SMILES string of the molecule is CCCCCCCCCCCCCCCCCCC1=C(c2cccc(CCCC)c2)[N+](=[N-])C(c2cccc(CCCC)c2)=C1CCCCC.[CH2-]CCC.[CH2-]CCC.[Pd+2]. The van der Waals surface area contributed by atoms with Gasteiger partial charge in [-0.3, -0.25) is 0 Å². The van der Waals surface area contributed by atoms with Gasteiger partial charge in [0.05, 0.1) is 0 Å². The molecule has 2 aromatic rings. The Kier molecular flexibility index (Phi) is 38.1. The molecule has 0 atom stereocenters. The standard InChI is InChI=1S/C47H74N2.2C4H9.Pd/c1-5-9-13-14-15-16-17-18-19-20-21-22-23-24-25-27-37-45-44(36-26-10-6-2)46(42-34-28-32-40(38-42)30-11-7-3)49(48)47(45)43-35-29-33-41(39-43)31-12-8-4;2*1-3-4-2;/h28-29,32-35,38-39H,5-27,30-31,36-37H2,1-4H3;2*1,3-4H2,2H3;/q;2*-1;+2. The van der Waals surface area contributed by atoms with E-state index in [0.29, 0.717) is 0 Å². The zero-order chi connectivity index (χ0) is 41.8. The molecule has 1 heterocycles. The van der Waals surface area contributed by atoms with Crippen LogP contribution < -0.4 is 0 Å². The van der Waals surface area contributed by atoms with E-state index < -0.39 is 0 Å². The van der Waals surface area contributed by atoms with E-state index in [2.05, 4.69) is 104 Å². The molecule has 332 valence electrons. The zero-order valence-electron chi connectivity index (χ0n) is 39.2. The monoisotopic (exact) mass is 887 g/mol. The summed E-state index contributed by atoms with van der Waals surface area (Å²) in [6, 6.07) is 18.1. The summed E-state index contributed by atoms with van der Waals surface area (Å²) in [7, 11) is 0. The second-order valence-electron chi connectivity index (χ2n) is 16.8. The van der Waals surface area contributed by atoms with Gasteiger partial charge in [0.25, 0.3) is 0 Å². The summed E-state index contributed by atoms with van der Waals surface area (Å²) >= 11 is 0. The number of benzene rings is 2. The Labute approximate surface area is 376 Å². The molecular formula is C55H92N2Pd. The van der Waals surface area contributed by atoms with Gasteiger partial charge in [-0.1, -0.05) is 201 Å². The van der Waals surface area contributed by atoms with Crippen LogP contribution in [0.25, 0.3) is 16.9 Å². The van der Waals surface area contributed by atoms with Crippen LogP contribution in [-0.2, 0) is 33.3 Å². The molecule has 0 unspecified atom stereocenters. The molecule has 3 heteroatoms. The van der Waals surface area contributed by atoms with E-state index >= 15 is 0 Å². The van der Waals surface area contributed by atoms with E-state index in [1.54, 1.807) is 4.70 Å². The fraction of sp³-hybridized carbons (Fsp3) is 0.673. The van der Waals surface area contributed by atoms with Gasteiger partial charge in [0, 0.05) is 22.3 Å². The van der Waals surface area contributed by atoms with Crippen molar-refractivity contribution in [2.75, 3.05) is 0 Å². The summed E-state index contributed by atoms with van der Waals surface area (Å²) in [5, 5.41) is 0. The average molecular weight is 888 g/mol. The van der Waals surface area contributed by atoms with Crippen molar-refractivity contribution in [3.63, 3.8) is 0 Å². The van der Waals surface area contributed by atoms with Crippen LogP contribution in [0.15, 0.2) is 59.7 Å². The van der Waals surface area contributed by atoms with Crippen LogP contribution in [0.4, 0.5) is 0 Å². The van der Waals surface area contributed by atoms with Gasteiger partial charge in [-0.15, -0.1) is 0 Å². The summed E-state index contributed by atoms with van der Waals surface area (Å²) in [4.78, 5) is 0. The largest absolute Gasteiger partial charge is 2.00 e. The van der Waals surface area contributed by atoms with Crippen molar-refractivity contribution in [3.8, 4) is 0 Å². The minimum Gasteiger partial charge on any atom is -0.493 e. The third kappa shape index (κ3) is 24.4. The van der Waals surface area contributed by atoms with Crippen molar-refractivity contribution in [1.82, 2.24) is 0 Å². The molecule has 3 rings (SSSR count). The van der Waals surface area contributed by atoms with E-state index in [9.17, 15) is 5.53 Å². The Morgan fingerprint density at radius 2 is 0.690 bits per heavy atom. The van der Waals surface area contributed by atoms with Crippen LogP contribution in [0, 0.1) is 13.8 Å². The number of nitrogens with zero attached hydrogens (tertiary/aromatic N) is 2. The summed E-state index contributed by atoms with van der Waals surface area (Å²) in [6.07, 6.45) is 39.5. The first-order chi connectivity index (χ1) is 28.0. The third-order valence-electron chi connectivity index (χ3n) is 11.4. The van der Waals surface area contributed by atoms with Crippen molar-refractivity contribution < 1.29 is 25.1 Å². The van der Waals surface area contributed by atoms with E-state index in [1.165, 1.54) is 194 Å². The average Bonchev–Trinajstić information content (AvgIpc) is 3.52. The fourth-order valence-corrected chi connectivity index (χ4v) is 7.70. The molecule has 58 heavy (non-hydrogen) atoms. The normalized spacial score (nSPS) is 12.3. The van der Waals surface area contributed by atoms with Crippen LogP contribution in [0.3, 0.4) is 0 Å². The Bertz CT molecular complexity index is 1330. The molecule has 0 saturated heterocycles. The summed E-state index contributed by atoms with van der Waals surface area (Å²) in [6.45, 7) is 20.6. The number of allylic oxidation sites excluding steroid dienone is 2. The molecule has 0 fully saturated rings. The molecule has 1 aliphatic rings. The van der Waals surface area contributed by atoms with Gasteiger partial charge in [0.15, 0.2) is 0 Å². The van der Waals surface area contributed by atoms with Crippen LogP contribution in [-0.4, -0.2) is 4.70 Å². The van der Waals surface area contributed by atoms with Crippen LogP contribution >= 0.6 is 0 Å². The van der Waals surface area contributed by atoms with E-state index in [0.717, 1.165) is 49.9 Å². The van der Waals surface area contributed by atoms with Gasteiger partial charge in [-0.05, 0) is 86.8 Å².